The van der Waals surface area contributed by atoms with E-state index in [2.05, 4.69) is 27.2 Å². The van der Waals surface area contributed by atoms with Crippen LogP contribution >= 0.6 is 11.3 Å². The molecule has 21 heavy (non-hydrogen) atoms. The molecule has 0 saturated carbocycles. The molecule has 1 N–H and O–H groups in total. The monoisotopic (exact) mass is 301 g/mol. The number of aromatic nitrogens is 4. The van der Waals surface area contributed by atoms with Crippen molar-refractivity contribution in [1.29, 1.82) is 0 Å². The van der Waals surface area contributed by atoms with Crippen LogP contribution < -0.4 is 5.32 Å². The SMILES string of the molecule is CCc1nc(C)c(CNC(=O)c2cn3cccnc3n2)s1. The summed E-state index contributed by atoms with van der Waals surface area (Å²) in [4.78, 5) is 26.0. The molecule has 1 amide bonds. The number of hydrogen-bond acceptors (Lipinski definition) is 5. The molecule has 0 radical (unpaired) electrons. The van der Waals surface area contributed by atoms with Gasteiger partial charge in [-0.1, -0.05) is 6.92 Å². The zero-order valence-electron chi connectivity index (χ0n) is 11.8. The van der Waals surface area contributed by atoms with E-state index in [-0.39, 0.29) is 5.91 Å². The first-order valence-electron chi connectivity index (χ1n) is 6.70. The Morgan fingerprint density at radius 2 is 2.29 bits per heavy atom. The zero-order valence-corrected chi connectivity index (χ0v) is 12.6. The Balaban J connectivity index is 1.72. The third-order valence-electron chi connectivity index (χ3n) is 3.12. The maximum absolute atomic E-state index is 12.1. The summed E-state index contributed by atoms with van der Waals surface area (Å²) in [6, 6.07) is 1.79. The summed E-state index contributed by atoms with van der Waals surface area (Å²) in [5.41, 5.74) is 1.35. The molecule has 0 fully saturated rings. The van der Waals surface area contributed by atoms with E-state index in [1.54, 1.807) is 34.2 Å². The number of fused-ring (bicyclic) bond motifs is 1. The fraction of sp³-hybridized carbons (Fsp3) is 0.286. The molecular formula is C14H15N5OS. The summed E-state index contributed by atoms with van der Waals surface area (Å²) in [6.45, 7) is 4.51. The molecule has 7 heteroatoms. The molecule has 0 unspecified atom stereocenters. The van der Waals surface area contributed by atoms with E-state index in [4.69, 9.17) is 0 Å². The van der Waals surface area contributed by atoms with Gasteiger partial charge < -0.3 is 5.32 Å². The van der Waals surface area contributed by atoms with Crippen LogP contribution in [0.15, 0.2) is 24.7 Å². The zero-order chi connectivity index (χ0) is 14.8. The number of carbonyl (C=O) groups is 1. The van der Waals surface area contributed by atoms with Crippen LogP contribution in [0, 0.1) is 6.92 Å². The normalized spacial score (nSPS) is 11.0. The van der Waals surface area contributed by atoms with Crippen molar-refractivity contribution < 1.29 is 4.79 Å². The Bertz CT molecular complexity index is 759. The lowest BCUT2D eigenvalue weighted by atomic mass is 10.3. The number of imidazole rings is 1. The highest BCUT2D eigenvalue weighted by Crippen LogP contribution is 2.18. The number of rotatable bonds is 4. The second-order valence-electron chi connectivity index (χ2n) is 4.61. The lowest BCUT2D eigenvalue weighted by Crippen LogP contribution is -2.23. The van der Waals surface area contributed by atoms with E-state index in [1.807, 2.05) is 13.1 Å². The van der Waals surface area contributed by atoms with Crippen LogP contribution in [0.4, 0.5) is 0 Å². The summed E-state index contributed by atoms with van der Waals surface area (Å²) in [7, 11) is 0. The predicted molar refractivity (Wildman–Crippen MR) is 80.4 cm³/mol. The fourth-order valence-corrected chi connectivity index (χ4v) is 2.94. The molecule has 0 aliphatic heterocycles. The third-order valence-corrected chi connectivity index (χ3v) is 4.42. The number of carbonyl (C=O) groups excluding carboxylic acids is 1. The van der Waals surface area contributed by atoms with Crippen molar-refractivity contribution in [2.24, 2.45) is 0 Å². The topological polar surface area (TPSA) is 72.2 Å². The molecule has 0 bridgehead atoms. The predicted octanol–water partition coefficient (Wildman–Crippen LogP) is 1.99. The summed E-state index contributed by atoms with van der Waals surface area (Å²) in [5.74, 6) is 0.316. The molecular weight excluding hydrogens is 286 g/mol. The molecule has 0 aliphatic carbocycles. The van der Waals surface area contributed by atoms with E-state index >= 15 is 0 Å². The molecule has 0 spiro atoms. The minimum absolute atomic E-state index is 0.202. The number of amides is 1. The maximum atomic E-state index is 12.1. The van der Waals surface area contributed by atoms with Crippen LogP contribution in [-0.4, -0.2) is 25.3 Å². The number of aryl methyl sites for hydroxylation is 2. The minimum Gasteiger partial charge on any atom is -0.346 e. The van der Waals surface area contributed by atoms with Crippen molar-refractivity contribution in [2.75, 3.05) is 0 Å². The fourth-order valence-electron chi connectivity index (χ4n) is 1.99. The lowest BCUT2D eigenvalue weighted by Gasteiger charge is -2.01. The van der Waals surface area contributed by atoms with Crippen LogP contribution in [0.25, 0.3) is 5.78 Å². The van der Waals surface area contributed by atoms with Gasteiger partial charge in [0, 0.05) is 23.5 Å². The summed E-state index contributed by atoms with van der Waals surface area (Å²) >= 11 is 1.64. The van der Waals surface area contributed by atoms with Gasteiger partial charge in [0.2, 0.25) is 5.78 Å². The molecule has 0 aliphatic rings. The summed E-state index contributed by atoms with van der Waals surface area (Å²) < 4.78 is 1.72. The first-order chi connectivity index (χ1) is 10.2. The maximum Gasteiger partial charge on any atom is 0.271 e. The molecule has 3 aromatic heterocycles. The van der Waals surface area contributed by atoms with E-state index in [1.165, 1.54) is 0 Å². The minimum atomic E-state index is -0.202. The Morgan fingerprint density at radius 1 is 1.43 bits per heavy atom. The van der Waals surface area contributed by atoms with Gasteiger partial charge in [0.25, 0.3) is 5.91 Å². The van der Waals surface area contributed by atoms with Gasteiger partial charge >= 0.3 is 0 Å². The Morgan fingerprint density at radius 3 is 3.00 bits per heavy atom. The highest BCUT2D eigenvalue weighted by molar-refractivity contribution is 7.11. The van der Waals surface area contributed by atoms with E-state index in [0.717, 1.165) is 22.0 Å². The Kier molecular flexibility index (Phi) is 3.66. The highest BCUT2D eigenvalue weighted by atomic mass is 32.1. The average Bonchev–Trinajstić information content (AvgIpc) is 3.08. The molecule has 3 rings (SSSR count). The number of thiazole rings is 1. The summed E-state index contributed by atoms with van der Waals surface area (Å²) in [5, 5.41) is 3.97. The van der Waals surface area contributed by atoms with Gasteiger partial charge in [-0.2, -0.15) is 0 Å². The lowest BCUT2D eigenvalue weighted by molar-refractivity contribution is 0.0947. The molecule has 0 atom stereocenters. The van der Waals surface area contributed by atoms with Crippen molar-refractivity contribution in [3.63, 3.8) is 0 Å². The first-order valence-corrected chi connectivity index (χ1v) is 7.52. The second kappa shape index (κ2) is 5.61. The van der Waals surface area contributed by atoms with Gasteiger partial charge in [-0.15, -0.1) is 11.3 Å². The molecule has 0 saturated heterocycles. The van der Waals surface area contributed by atoms with E-state index < -0.39 is 0 Å². The molecule has 0 aromatic carbocycles. The Hall–Kier alpha value is -2.28. The standard InChI is InChI=1S/C14H15N5OS/c1-3-12-17-9(2)11(21-12)7-16-13(20)10-8-19-6-4-5-15-14(19)18-10/h4-6,8H,3,7H2,1-2H3,(H,16,20). The van der Waals surface area contributed by atoms with Crippen molar-refractivity contribution in [3.8, 4) is 0 Å². The van der Waals surface area contributed by atoms with E-state index in [0.29, 0.717) is 18.0 Å². The van der Waals surface area contributed by atoms with Crippen LogP contribution in [0.5, 0.6) is 0 Å². The van der Waals surface area contributed by atoms with Crippen LogP contribution in [0.3, 0.4) is 0 Å². The van der Waals surface area contributed by atoms with Gasteiger partial charge in [0.15, 0.2) is 0 Å². The van der Waals surface area contributed by atoms with Gasteiger partial charge in [0.05, 0.1) is 17.2 Å². The molecule has 3 aromatic rings. The van der Waals surface area contributed by atoms with Crippen LogP contribution in [-0.2, 0) is 13.0 Å². The molecule has 108 valence electrons. The Labute approximate surface area is 125 Å². The van der Waals surface area contributed by atoms with Crippen LogP contribution in [0.2, 0.25) is 0 Å². The van der Waals surface area contributed by atoms with E-state index in [9.17, 15) is 4.79 Å². The number of nitrogens with zero attached hydrogens (tertiary/aromatic N) is 4. The van der Waals surface area contributed by atoms with Crippen molar-refractivity contribution in [1.82, 2.24) is 24.7 Å². The van der Waals surface area contributed by atoms with Crippen molar-refractivity contribution in [2.45, 2.75) is 26.8 Å². The van der Waals surface area contributed by atoms with Gasteiger partial charge in [-0.25, -0.2) is 15.0 Å². The largest absolute Gasteiger partial charge is 0.346 e. The second-order valence-corrected chi connectivity index (χ2v) is 5.77. The number of nitrogens with one attached hydrogen (secondary N) is 1. The number of hydrogen-bond donors (Lipinski definition) is 1. The molecule has 6 nitrogen and oxygen atoms in total. The average molecular weight is 301 g/mol. The van der Waals surface area contributed by atoms with Gasteiger partial charge in [0.1, 0.15) is 5.69 Å². The third kappa shape index (κ3) is 2.78. The van der Waals surface area contributed by atoms with Gasteiger partial charge in [-0.05, 0) is 19.4 Å². The summed E-state index contributed by atoms with van der Waals surface area (Å²) in [6.07, 6.45) is 6.05. The first kappa shape index (κ1) is 13.7. The van der Waals surface area contributed by atoms with Crippen molar-refractivity contribution in [3.05, 3.63) is 45.9 Å². The van der Waals surface area contributed by atoms with Gasteiger partial charge in [-0.3, -0.25) is 9.20 Å². The quantitative estimate of drug-likeness (QED) is 0.800. The smallest absolute Gasteiger partial charge is 0.271 e. The molecule has 3 heterocycles. The highest BCUT2D eigenvalue weighted by Gasteiger charge is 2.12. The van der Waals surface area contributed by atoms with Crippen LogP contribution in [0.1, 0.15) is 33.0 Å². The van der Waals surface area contributed by atoms with Crippen molar-refractivity contribution >= 4 is 23.0 Å².